The number of rotatable bonds is 5. The lowest BCUT2D eigenvalue weighted by molar-refractivity contribution is 0.175. The van der Waals surface area contributed by atoms with E-state index in [1.165, 1.54) is 38.5 Å². The second-order valence-electron chi connectivity index (χ2n) is 5.70. The molecule has 2 atom stereocenters. The van der Waals surface area contributed by atoms with Gasteiger partial charge in [-0.25, -0.2) is 0 Å². The summed E-state index contributed by atoms with van der Waals surface area (Å²) in [5.74, 6) is 3.38. The van der Waals surface area contributed by atoms with Crippen molar-refractivity contribution >= 4 is 0 Å². The molecule has 2 unspecified atom stereocenters. The first-order valence-corrected chi connectivity index (χ1v) is 7.27. The highest BCUT2D eigenvalue weighted by Gasteiger charge is 2.32. The summed E-state index contributed by atoms with van der Waals surface area (Å²) in [6.45, 7) is 6.88. The second-order valence-corrected chi connectivity index (χ2v) is 5.70. The molecule has 0 bridgehead atoms. The van der Waals surface area contributed by atoms with Crippen LogP contribution in [-0.2, 0) is 0 Å². The molecule has 0 heteroatoms. The van der Waals surface area contributed by atoms with Crippen LogP contribution in [0.2, 0.25) is 0 Å². The molecule has 2 saturated carbocycles. The Hall–Kier alpha value is 0. The Bertz CT molecular complexity index is 142. The van der Waals surface area contributed by atoms with Crippen molar-refractivity contribution in [1.29, 1.82) is 0 Å². The fourth-order valence-corrected chi connectivity index (χ4v) is 2.37. The molecule has 15 heavy (non-hydrogen) atoms. The Labute approximate surface area is 96.8 Å². The lowest BCUT2D eigenvalue weighted by atomic mass is 9.72. The first kappa shape index (κ1) is 13.1. The van der Waals surface area contributed by atoms with E-state index in [1.807, 2.05) is 0 Å². The van der Waals surface area contributed by atoms with Gasteiger partial charge in [-0.05, 0) is 30.6 Å². The van der Waals surface area contributed by atoms with E-state index in [-0.39, 0.29) is 0 Å². The molecule has 0 saturated heterocycles. The number of hydrogen-bond donors (Lipinski definition) is 0. The van der Waals surface area contributed by atoms with Crippen molar-refractivity contribution < 1.29 is 0 Å². The molecule has 0 N–H and O–H groups in total. The quantitative estimate of drug-likeness (QED) is 0.532. The van der Waals surface area contributed by atoms with E-state index in [9.17, 15) is 0 Å². The third-order valence-electron chi connectivity index (χ3n) is 4.09. The van der Waals surface area contributed by atoms with Crippen molar-refractivity contribution in [1.82, 2.24) is 0 Å². The van der Waals surface area contributed by atoms with Gasteiger partial charge >= 0.3 is 0 Å². The summed E-state index contributed by atoms with van der Waals surface area (Å²) in [5.41, 5.74) is 0. The molecule has 0 aromatic rings. The summed E-state index contributed by atoms with van der Waals surface area (Å²) < 4.78 is 0. The topological polar surface area (TPSA) is 0 Å². The average Bonchev–Trinajstić information content (AvgIpc) is 3.05. The van der Waals surface area contributed by atoms with E-state index in [2.05, 4.69) is 20.8 Å². The number of hydrogen-bond acceptors (Lipinski definition) is 0. The molecule has 0 radical (unpaired) electrons. The van der Waals surface area contributed by atoms with E-state index < -0.39 is 0 Å². The highest BCUT2D eigenvalue weighted by atomic mass is 14.4. The van der Waals surface area contributed by atoms with Gasteiger partial charge in [0.25, 0.3) is 0 Å². The molecule has 2 rings (SSSR count). The minimum atomic E-state index is 1.07. The predicted molar refractivity (Wildman–Crippen MR) is 69.0 cm³/mol. The van der Waals surface area contributed by atoms with Gasteiger partial charge in [-0.2, -0.15) is 0 Å². The van der Waals surface area contributed by atoms with Crippen molar-refractivity contribution in [3.8, 4) is 0 Å². The first-order valence-electron chi connectivity index (χ1n) is 7.27. The summed E-state index contributed by atoms with van der Waals surface area (Å²) in [6, 6.07) is 0. The molecule has 0 nitrogen and oxygen atoms in total. The van der Waals surface area contributed by atoms with Gasteiger partial charge in [-0.1, -0.05) is 65.7 Å². The SMILES string of the molecule is CC1CCC1CC1CC1.CCCCCC. The smallest absolute Gasteiger partial charge is 0.0386 e. The molecule has 0 aromatic heterocycles. The Morgan fingerprint density at radius 2 is 1.47 bits per heavy atom. The maximum atomic E-state index is 2.41. The van der Waals surface area contributed by atoms with Gasteiger partial charge in [0.05, 0.1) is 0 Å². The van der Waals surface area contributed by atoms with Crippen LogP contribution in [0.4, 0.5) is 0 Å². The van der Waals surface area contributed by atoms with E-state index in [0.29, 0.717) is 0 Å². The zero-order valence-corrected chi connectivity index (χ0v) is 11.1. The van der Waals surface area contributed by atoms with Gasteiger partial charge in [-0.3, -0.25) is 0 Å². The van der Waals surface area contributed by atoms with E-state index in [0.717, 1.165) is 17.8 Å². The molecule has 2 aliphatic carbocycles. The molecule has 0 aliphatic heterocycles. The fraction of sp³-hybridized carbons (Fsp3) is 1.00. The van der Waals surface area contributed by atoms with Gasteiger partial charge < -0.3 is 0 Å². The molecular formula is C15H30. The molecule has 2 fully saturated rings. The van der Waals surface area contributed by atoms with E-state index in [4.69, 9.17) is 0 Å². The maximum Gasteiger partial charge on any atom is -0.0386 e. The van der Waals surface area contributed by atoms with Crippen LogP contribution in [-0.4, -0.2) is 0 Å². The van der Waals surface area contributed by atoms with Crippen molar-refractivity contribution in [3.63, 3.8) is 0 Å². The molecule has 0 amide bonds. The van der Waals surface area contributed by atoms with Crippen molar-refractivity contribution in [2.24, 2.45) is 17.8 Å². The minimum absolute atomic E-state index is 1.07. The lowest BCUT2D eigenvalue weighted by Crippen LogP contribution is -2.23. The summed E-state index contributed by atoms with van der Waals surface area (Å²) in [6.07, 6.45) is 13.2. The monoisotopic (exact) mass is 210 g/mol. The van der Waals surface area contributed by atoms with Crippen LogP contribution in [0.25, 0.3) is 0 Å². The third kappa shape index (κ3) is 5.58. The molecule has 0 aromatic carbocycles. The molecule has 90 valence electrons. The fourth-order valence-electron chi connectivity index (χ4n) is 2.37. The van der Waals surface area contributed by atoms with Gasteiger partial charge in [0.1, 0.15) is 0 Å². The summed E-state index contributed by atoms with van der Waals surface area (Å²) in [4.78, 5) is 0. The van der Waals surface area contributed by atoms with E-state index in [1.54, 1.807) is 19.3 Å². The van der Waals surface area contributed by atoms with Crippen LogP contribution in [0, 0.1) is 17.8 Å². The first-order chi connectivity index (χ1) is 7.27. The van der Waals surface area contributed by atoms with Crippen molar-refractivity contribution in [3.05, 3.63) is 0 Å². The molecular weight excluding hydrogens is 180 g/mol. The zero-order valence-electron chi connectivity index (χ0n) is 11.1. The largest absolute Gasteiger partial charge is 0.0654 e. The highest BCUT2D eigenvalue weighted by molar-refractivity contribution is 4.84. The summed E-state index contributed by atoms with van der Waals surface area (Å²) >= 11 is 0. The van der Waals surface area contributed by atoms with Gasteiger partial charge in [0.2, 0.25) is 0 Å². The average molecular weight is 210 g/mol. The van der Waals surface area contributed by atoms with Crippen LogP contribution in [0.1, 0.15) is 78.6 Å². The Balaban J connectivity index is 0.000000167. The Kier molecular flexibility index (Phi) is 6.36. The summed E-state index contributed by atoms with van der Waals surface area (Å²) in [5, 5.41) is 0. The Morgan fingerprint density at radius 3 is 1.73 bits per heavy atom. The molecule has 0 spiro atoms. The van der Waals surface area contributed by atoms with Crippen LogP contribution < -0.4 is 0 Å². The van der Waals surface area contributed by atoms with Crippen molar-refractivity contribution in [2.75, 3.05) is 0 Å². The highest BCUT2D eigenvalue weighted by Crippen LogP contribution is 2.44. The van der Waals surface area contributed by atoms with Crippen molar-refractivity contribution in [2.45, 2.75) is 78.6 Å². The van der Waals surface area contributed by atoms with Gasteiger partial charge in [-0.15, -0.1) is 0 Å². The molecule has 0 heterocycles. The maximum absolute atomic E-state index is 2.41. The van der Waals surface area contributed by atoms with Gasteiger partial charge in [0, 0.05) is 0 Å². The van der Waals surface area contributed by atoms with Crippen LogP contribution in [0.3, 0.4) is 0 Å². The number of unbranched alkanes of at least 4 members (excludes halogenated alkanes) is 3. The van der Waals surface area contributed by atoms with E-state index >= 15 is 0 Å². The standard InChI is InChI=1S/C9H16.C6H14/c1-7-2-5-9(7)6-8-3-4-8;1-3-5-6-4-2/h7-9H,2-6H2,1H3;3-6H2,1-2H3. The second kappa shape index (κ2) is 7.30. The predicted octanol–water partition coefficient (Wildman–Crippen LogP) is 5.42. The van der Waals surface area contributed by atoms with Crippen LogP contribution >= 0.6 is 0 Å². The third-order valence-corrected chi connectivity index (χ3v) is 4.09. The minimum Gasteiger partial charge on any atom is -0.0654 e. The van der Waals surface area contributed by atoms with Crippen LogP contribution in [0.5, 0.6) is 0 Å². The molecule has 2 aliphatic rings. The van der Waals surface area contributed by atoms with Gasteiger partial charge in [0.15, 0.2) is 0 Å². The zero-order chi connectivity index (χ0) is 11.1. The summed E-state index contributed by atoms with van der Waals surface area (Å²) in [7, 11) is 0. The lowest BCUT2D eigenvalue weighted by Gasteiger charge is -2.33. The van der Waals surface area contributed by atoms with Crippen LogP contribution in [0.15, 0.2) is 0 Å². The Morgan fingerprint density at radius 1 is 0.867 bits per heavy atom. The normalized spacial score (nSPS) is 29.0.